The number of hydrogen-bond donors (Lipinski definition) is 2. The van der Waals surface area contributed by atoms with Gasteiger partial charge in [0.05, 0.1) is 13.2 Å². The van der Waals surface area contributed by atoms with Crippen molar-refractivity contribution >= 4 is 32.9 Å². The van der Waals surface area contributed by atoms with Crippen LogP contribution < -0.4 is 9.46 Å². The quantitative estimate of drug-likeness (QED) is 0.545. The van der Waals surface area contributed by atoms with Gasteiger partial charge in [-0.2, -0.15) is 12.7 Å². The Bertz CT molecular complexity index is 1370. The van der Waals surface area contributed by atoms with Crippen LogP contribution in [-0.4, -0.2) is 55.1 Å². The molecule has 2 aromatic heterocycles. The second-order valence-corrected chi connectivity index (χ2v) is 9.72. The molecule has 4 rings (SSSR count). The predicted molar refractivity (Wildman–Crippen MR) is 126 cm³/mol. The van der Waals surface area contributed by atoms with E-state index in [-0.39, 0.29) is 18.9 Å². The van der Waals surface area contributed by atoms with Gasteiger partial charge in [-0.15, -0.1) is 0 Å². The van der Waals surface area contributed by atoms with Gasteiger partial charge in [0.25, 0.3) is 0 Å². The summed E-state index contributed by atoms with van der Waals surface area (Å²) in [5.74, 6) is 0.163. The fourth-order valence-electron chi connectivity index (χ4n) is 3.85. The van der Waals surface area contributed by atoms with Crippen molar-refractivity contribution in [3.05, 3.63) is 54.1 Å². The lowest BCUT2D eigenvalue weighted by Gasteiger charge is -2.25. The number of carbonyl (C=O) groups is 1. The van der Waals surface area contributed by atoms with E-state index < -0.39 is 22.4 Å². The van der Waals surface area contributed by atoms with Gasteiger partial charge in [-0.25, -0.2) is 18.9 Å². The molecule has 3 heterocycles. The summed E-state index contributed by atoms with van der Waals surface area (Å²) < 4.78 is 52.3. The molecule has 1 aliphatic heterocycles. The number of aromatic nitrogens is 2. The molecule has 0 bridgehead atoms. The number of aromatic amines is 1. The molecule has 11 heteroatoms. The van der Waals surface area contributed by atoms with Crippen LogP contribution in [-0.2, 0) is 14.9 Å². The lowest BCUT2D eigenvalue weighted by Crippen LogP contribution is -2.45. The summed E-state index contributed by atoms with van der Waals surface area (Å²) in [5, 5.41) is 0.787. The molecule has 34 heavy (non-hydrogen) atoms. The van der Waals surface area contributed by atoms with E-state index in [9.17, 15) is 17.6 Å². The number of fused-ring (bicyclic) bond motifs is 1. The van der Waals surface area contributed by atoms with Crippen molar-refractivity contribution in [3.8, 4) is 16.9 Å². The molecule has 180 valence electrons. The van der Waals surface area contributed by atoms with Crippen molar-refractivity contribution in [1.29, 1.82) is 0 Å². The van der Waals surface area contributed by atoms with Gasteiger partial charge in [-0.05, 0) is 61.7 Å². The van der Waals surface area contributed by atoms with Crippen LogP contribution in [0.25, 0.3) is 27.7 Å². The van der Waals surface area contributed by atoms with Gasteiger partial charge in [-0.1, -0.05) is 6.08 Å². The molecule has 1 aliphatic rings. The Labute approximate surface area is 196 Å². The lowest BCUT2D eigenvalue weighted by molar-refractivity contribution is 0.121. The molecule has 0 radical (unpaired) electrons. The molecular weight excluding hydrogens is 463 g/mol. The average molecular weight is 489 g/mol. The van der Waals surface area contributed by atoms with Gasteiger partial charge in [-0.3, -0.25) is 0 Å². The molecule has 1 amide bonds. The van der Waals surface area contributed by atoms with Crippen molar-refractivity contribution in [2.45, 2.75) is 26.4 Å². The van der Waals surface area contributed by atoms with Crippen molar-refractivity contribution < 1.29 is 27.1 Å². The zero-order chi connectivity index (χ0) is 24.5. The summed E-state index contributed by atoms with van der Waals surface area (Å²) in [4.78, 5) is 19.4. The number of benzene rings is 1. The molecule has 0 fully saturated rings. The summed E-state index contributed by atoms with van der Waals surface area (Å²) in [6.45, 7) is 3.54. The first-order valence-electron chi connectivity index (χ1n) is 10.7. The molecule has 9 nitrogen and oxygen atoms in total. The Hall–Kier alpha value is -3.44. The predicted octanol–water partition coefficient (Wildman–Crippen LogP) is 3.85. The highest BCUT2D eigenvalue weighted by Crippen LogP contribution is 2.36. The van der Waals surface area contributed by atoms with E-state index in [4.69, 9.17) is 9.47 Å². The minimum absolute atomic E-state index is 0.0903. The molecule has 0 saturated carbocycles. The normalized spacial score (nSPS) is 14.8. The van der Waals surface area contributed by atoms with Crippen molar-refractivity contribution in [1.82, 2.24) is 19.0 Å². The first kappa shape index (κ1) is 23.7. The Balaban J connectivity index is 1.59. The molecule has 3 aromatic rings. The lowest BCUT2D eigenvalue weighted by atomic mass is 10.0. The maximum atomic E-state index is 14.0. The Kier molecular flexibility index (Phi) is 6.58. The fourth-order valence-corrected chi connectivity index (χ4v) is 4.84. The SMILES string of the molecule is COc1ccc(F)cc1-c1ccnc2[nH]c(C3=CCN(S(=O)(=O)NC(=O)OC(C)C)CC3)cc12. The molecule has 1 aromatic carbocycles. The molecular formula is C23H25FN4O5S. The summed E-state index contributed by atoms with van der Waals surface area (Å²) in [7, 11) is -2.49. The largest absolute Gasteiger partial charge is 0.496 e. The summed E-state index contributed by atoms with van der Waals surface area (Å²) in [6, 6.07) is 8.04. The van der Waals surface area contributed by atoms with Crippen molar-refractivity contribution in [2.24, 2.45) is 0 Å². The summed E-state index contributed by atoms with van der Waals surface area (Å²) in [5.41, 5.74) is 3.68. The van der Waals surface area contributed by atoms with E-state index in [2.05, 4.69) is 9.97 Å². The van der Waals surface area contributed by atoms with E-state index >= 15 is 0 Å². The van der Waals surface area contributed by atoms with Crippen LogP contribution in [0.3, 0.4) is 0 Å². The Morgan fingerprint density at radius 3 is 2.71 bits per heavy atom. The van der Waals surface area contributed by atoms with Gasteiger partial charge in [0.1, 0.15) is 17.2 Å². The number of carbonyl (C=O) groups excluding carboxylic acids is 1. The van der Waals surface area contributed by atoms with Crippen LogP contribution in [0.2, 0.25) is 0 Å². The van der Waals surface area contributed by atoms with Crippen LogP contribution in [0.5, 0.6) is 5.75 Å². The molecule has 0 saturated heterocycles. The number of ether oxygens (including phenoxy) is 2. The molecule has 0 spiro atoms. The maximum absolute atomic E-state index is 14.0. The third-order valence-electron chi connectivity index (χ3n) is 5.40. The van der Waals surface area contributed by atoms with Crippen LogP contribution in [0.15, 0.2) is 42.6 Å². The number of H-pyrrole nitrogens is 1. The average Bonchev–Trinajstić information content (AvgIpc) is 3.22. The second-order valence-electron chi connectivity index (χ2n) is 8.05. The van der Waals surface area contributed by atoms with E-state index in [1.165, 1.54) is 23.5 Å². The summed E-state index contributed by atoms with van der Waals surface area (Å²) in [6.07, 6.45) is 2.39. The van der Waals surface area contributed by atoms with Crippen molar-refractivity contribution in [2.75, 3.05) is 20.2 Å². The van der Waals surface area contributed by atoms with E-state index in [1.807, 2.05) is 10.8 Å². The second kappa shape index (κ2) is 9.43. The maximum Gasteiger partial charge on any atom is 0.422 e. The standard InChI is InChI=1S/C23H25FN4O5S/c1-14(2)33-23(29)27-34(30,31)28-10-7-15(8-11-28)20-13-19-17(6-9-25-22(19)26-20)18-12-16(24)4-5-21(18)32-3/h4-7,9,12-14H,8,10-11H2,1-3H3,(H,25,26)(H,27,29). The van der Waals surface area contributed by atoms with Gasteiger partial charge in [0, 0.05) is 35.9 Å². The van der Waals surface area contributed by atoms with Crippen LogP contribution in [0.4, 0.5) is 9.18 Å². The smallest absolute Gasteiger partial charge is 0.422 e. The van der Waals surface area contributed by atoms with Crippen molar-refractivity contribution in [3.63, 3.8) is 0 Å². The Morgan fingerprint density at radius 1 is 1.24 bits per heavy atom. The number of amides is 1. The third kappa shape index (κ3) is 4.90. The minimum Gasteiger partial charge on any atom is -0.496 e. The molecule has 0 aliphatic carbocycles. The number of halogens is 1. The number of pyridine rings is 1. The van der Waals surface area contributed by atoms with Gasteiger partial charge < -0.3 is 14.5 Å². The van der Waals surface area contributed by atoms with Gasteiger partial charge >= 0.3 is 16.3 Å². The zero-order valence-electron chi connectivity index (χ0n) is 19.0. The minimum atomic E-state index is -4.02. The van der Waals surface area contributed by atoms with Crippen LogP contribution >= 0.6 is 0 Å². The van der Waals surface area contributed by atoms with Gasteiger partial charge in [0.2, 0.25) is 0 Å². The number of nitrogens with one attached hydrogen (secondary N) is 2. The number of methoxy groups -OCH3 is 1. The van der Waals surface area contributed by atoms with Gasteiger partial charge in [0.15, 0.2) is 0 Å². The van der Waals surface area contributed by atoms with E-state index in [1.54, 1.807) is 38.3 Å². The van der Waals surface area contributed by atoms with E-state index in [0.717, 1.165) is 22.2 Å². The zero-order valence-corrected chi connectivity index (χ0v) is 19.8. The number of rotatable bonds is 6. The molecule has 2 N–H and O–H groups in total. The monoisotopic (exact) mass is 488 g/mol. The van der Waals surface area contributed by atoms with Crippen LogP contribution in [0, 0.1) is 5.82 Å². The topological polar surface area (TPSA) is 114 Å². The highest BCUT2D eigenvalue weighted by Gasteiger charge is 2.27. The highest BCUT2D eigenvalue weighted by atomic mass is 32.2. The van der Waals surface area contributed by atoms with E-state index in [0.29, 0.717) is 23.4 Å². The Morgan fingerprint density at radius 2 is 2.03 bits per heavy atom. The number of hydrogen-bond acceptors (Lipinski definition) is 6. The molecule has 0 atom stereocenters. The van der Waals surface area contributed by atoms with Crippen LogP contribution in [0.1, 0.15) is 26.0 Å². The molecule has 0 unspecified atom stereocenters. The number of nitrogens with zero attached hydrogens (tertiary/aromatic N) is 2. The summed E-state index contributed by atoms with van der Waals surface area (Å²) >= 11 is 0. The highest BCUT2D eigenvalue weighted by molar-refractivity contribution is 7.87. The fraction of sp³-hybridized carbons (Fsp3) is 0.304. The first-order valence-corrected chi connectivity index (χ1v) is 12.1. The first-order chi connectivity index (χ1) is 16.2. The third-order valence-corrected chi connectivity index (χ3v) is 6.83.